The Balaban J connectivity index is 3.20. The summed E-state index contributed by atoms with van der Waals surface area (Å²) >= 11 is 0. The van der Waals surface area contributed by atoms with Gasteiger partial charge < -0.3 is 0 Å². The Morgan fingerprint density at radius 1 is 0.500 bits per heavy atom. The smallest absolute Gasteiger partial charge is 0.0325 e. The molecule has 0 fully saturated rings. The van der Waals surface area contributed by atoms with Gasteiger partial charge in [0.2, 0.25) is 0 Å². The van der Waals surface area contributed by atoms with Gasteiger partial charge in [-0.3, -0.25) is 0 Å². The van der Waals surface area contributed by atoms with Crippen LogP contribution in [0, 0.1) is 5.92 Å². The van der Waals surface area contributed by atoms with Crippen LogP contribution in [0.25, 0.3) is 0 Å². The summed E-state index contributed by atoms with van der Waals surface area (Å²) in [5.74, 6) is 0.884. The van der Waals surface area contributed by atoms with Crippen molar-refractivity contribution in [2.45, 2.75) is 149 Å². The van der Waals surface area contributed by atoms with E-state index in [9.17, 15) is 0 Å². The van der Waals surface area contributed by atoms with Gasteiger partial charge in [0.1, 0.15) is 0 Å². The zero-order chi connectivity index (χ0) is 19.1. The molecule has 0 heteroatoms. The zero-order valence-electron chi connectivity index (χ0n) is 18.9. The van der Waals surface area contributed by atoms with Crippen molar-refractivity contribution in [3.8, 4) is 0 Å². The predicted octanol–water partition coefficient (Wildman–Crippen LogP) is 10.0. The number of hydrogen-bond acceptors (Lipinski definition) is 0. The van der Waals surface area contributed by atoms with Crippen LogP contribution in [0.5, 0.6) is 0 Å². The van der Waals surface area contributed by atoms with Gasteiger partial charge in [-0.15, -0.1) is 0 Å². The van der Waals surface area contributed by atoms with Gasteiger partial charge in [0.05, 0.1) is 0 Å². The maximum absolute atomic E-state index is 2.45. The summed E-state index contributed by atoms with van der Waals surface area (Å²) in [5.41, 5.74) is 0. The van der Waals surface area contributed by atoms with E-state index in [-0.39, 0.29) is 0 Å². The molecule has 0 saturated heterocycles. The van der Waals surface area contributed by atoms with Gasteiger partial charge in [0.15, 0.2) is 0 Å². The molecule has 0 spiro atoms. The summed E-state index contributed by atoms with van der Waals surface area (Å²) in [6, 6.07) is 0. The first kappa shape index (κ1) is 25.7. The molecule has 0 aromatic carbocycles. The maximum atomic E-state index is 2.45. The molecule has 0 aliphatic heterocycles. The topological polar surface area (TPSA) is 0 Å². The number of hydrogen-bond donors (Lipinski definition) is 0. The highest BCUT2D eigenvalue weighted by Gasteiger charge is 2.00. The van der Waals surface area contributed by atoms with Gasteiger partial charge in [0, 0.05) is 0 Å². The van der Waals surface area contributed by atoms with Crippen molar-refractivity contribution < 1.29 is 0 Å². The second kappa shape index (κ2) is 22.8. The van der Waals surface area contributed by atoms with Gasteiger partial charge in [-0.05, 0) is 25.2 Å². The Labute approximate surface area is 167 Å². The van der Waals surface area contributed by atoms with Crippen LogP contribution in [0.3, 0.4) is 0 Å². The van der Waals surface area contributed by atoms with Gasteiger partial charge in [-0.1, -0.05) is 142 Å². The van der Waals surface area contributed by atoms with E-state index in [0.29, 0.717) is 0 Å². The molecule has 0 aromatic rings. The van der Waals surface area contributed by atoms with Crippen LogP contribution >= 0.6 is 0 Å². The second-order valence-electron chi connectivity index (χ2n) is 8.69. The van der Waals surface area contributed by atoms with E-state index in [1.54, 1.807) is 0 Å². The quantitative estimate of drug-likeness (QED) is 0.140. The lowest BCUT2D eigenvalue weighted by molar-refractivity contribution is 0.482. The molecule has 0 aromatic heterocycles. The van der Waals surface area contributed by atoms with Crippen molar-refractivity contribution in [3.05, 3.63) is 12.2 Å². The lowest BCUT2D eigenvalue weighted by Crippen LogP contribution is -1.92. The Morgan fingerprint density at radius 2 is 0.923 bits per heavy atom. The van der Waals surface area contributed by atoms with Gasteiger partial charge in [-0.2, -0.15) is 0 Å². The van der Waals surface area contributed by atoms with Crippen LogP contribution in [-0.2, 0) is 0 Å². The van der Waals surface area contributed by atoms with E-state index in [4.69, 9.17) is 0 Å². The molecule has 0 nitrogen and oxygen atoms in total. The SMILES string of the molecule is CCCCCCC/C=C/CC(C)CCCCCCCCCCCCCC. The monoisotopic (exact) mass is 364 g/mol. The highest BCUT2D eigenvalue weighted by atomic mass is 14.1. The van der Waals surface area contributed by atoms with Crippen LogP contribution in [0.15, 0.2) is 12.2 Å². The summed E-state index contributed by atoms with van der Waals surface area (Å²) in [6.07, 6.45) is 33.4. The molecule has 1 unspecified atom stereocenters. The molecule has 0 saturated carbocycles. The first-order chi connectivity index (χ1) is 12.8. The fraction of sp³-hybridized carbons (Fsp3) is 0.923. The fourth-order valence-electron chi connectivity index (χ4n) is 3.76. The van der Waals surface area contributed by atoms with Crippen LogP contribution < -0.4 is 0 Å². The number of allylic oxidation sites excluding steroid dienone is 2. The molecule has 0 aliphatic rings. The van der Waals surface area contributed by atoms with Gasteiger partial charge >= 0.3 is 0 Å². The molecule has 0 bridgehead atoms. The Hall–Kier alpha value is -0.260. The molecular weight excluding hydrogens is 312 g/mol. The third-order valence-corrected chi connectivity index (χ3v) is 5.73. The Morgan fingerprint density at radius 3 is 1.42 bits per heavy atom. The second-order valence-corrected chi connectivity index (χ2v) is 8.69. The minimum absolute atomic E-state index is 0.884. The van der Waals surface area contributed by atoms with Crippen LogP contribution in [0.2, 0.25) is 0 Å². The molecule has 0 aliphatic carbocycles. The molecule has 1 atom stereocenters. The highest BCUT2D eigenvalue weighted by molar-refractivity contribution is 4.83. The molecule has 0 heterocycles. The first-order valence-electron chi connectivity index (χ1n) is 12.5. The van der Waals surface area contributed by atoms with E-state index in [1.165, 1.54) is 128 Å². The van der Waals surface area contributed by atoms with Gasteiger partial charge in [0.25, 0.3) is 0 Å². The summed E-state index contributed by atoms with van der Waals surface area (Å²) < 4.78 is 0. The van der Waals surface area contributed by atoms with Crippen LogP contribution in [-0.4, -0.2) is 0 Å². The Kier molecular flexibility index (Phi) is 22.6. The first-order valence-corrected chi connectivity index (χ1v) is 12.5. The average Bonchev–Trinajstić information content (AvgIpc) is 2.65. The van der Waals surface area contributed by atoms with Gasteiger partial charge in [-0.25, -0.2) is 0 Å². The van der Waals surface area contributed by atoms with E-state index in [2.05, 4.69) is 32.9 Å². The summed E-state index contributed by atoms with van der Waals surface area (Å²) in [6.45, 7) is 7.02. The third kappa shape index (κ3) is 21.8. The molecule has 0 radical (unpaired) electrons. The molecular formula is C26H52. The predicted molar refractivity (Wildman–Crippen MR) is 122 cm³/mol. The summed E-state index contributed by atoms with van der Waals surface area (Å²) in [7, 11) is 0. The van der Waals surface area contributed by atoms with E-state index >= 15 is 0 Å². The highest BCUT2D eigenvalue weighted by Crippen LogP contribution is 2.16. The fourth-order valence-corrected chi connectivity index (χ4v) is 3.76. The summed E-state index contributed by atoms with van der Waals surface area (Å²) in [5, 5.41) is 0. The van der Waals surface area contributed by atoms with E-state index < -0.39 is 0 Å². The minimum atomic E-state index is 0.884. The van der Waals surface area contributed by atoms with Crippen molar-refractivity contribution in [2.75, 3.05) is 0 Å². The molecule has 0 amide bonds. The average molecular weight is 365 g/mol. The number of unbranched alkanes of at least 4 members (excludes halogenated alkanes) is 16. The summed E-state index contributed by atoms with van der Waals surface area (Å²) in [4.78, 5) is 0. The van der Waals surface area contributed by atoms with Crippen molar-refractivity contribution in [1.29, 1.82) is 0 Å². The van der Waals surface area contributed by atoms with Crippen molar-refractivity contribution in [2.24, 2.45) is 5.92 Å². The Bertz CT molecular complexity index is 265. The largest absolute Gasteiger partial charge is 0.0885 e. The molecule has 0 N–H and O–H groups in total. The van der Waals surface area contributed by atoms with E-state index in [1.807, 2.05) is 0 Å². The lowest BCUT2D eigenvalue weighted by atomic mass is 9.98. The minimum Gasteiger partial charge on any atom is -0.0885 e. The third-order valence-electron chi connectivity index (χ3n) is 5.73. The molecule has 0 rings (SSSR count). The normalized spacial score (nSPS) is 12.9. The zero-order valence-corrected chi connectivity index (χ0v) is 18.9. The maximum Gasteiger partial charge on any atom is -0.0325 e. The molecule has 26 heavy (non-hydrogen) atoms. The lowest BCUT2D eigenvalue weighted by Gasteiger charge is -2.08. The molecule has 156 valence electrons. The van der Waals surface area contributed by atoms with E-state index in [0.717, 1.165) is 5.92 Å². The standard InChI is InChI=1S/C26H52/c1-4-6-8-10-12-14-15-16-17-19-21-23-25-26(3)24-22-20-18-13-11-9-7-5-2/h20,22,26H,4-19,21,23-25H2,1-3H3/b22-20+. The van der Waals surface area contributed by atoms with Crippen molar-refractivity contribution >= 4 is 0 Å². The van der Waals surface area contributed by atoms with Crippen LogP contribution in [0.4, 0.5) is 0 Å². The van der Waals surface area contributed by atoms with Crippen molar-refractivity contribution in [3.63, 3.8) is 0 Å². The van der Waals surface area contributed by atoms with Crippen LogP contribution in [0.1, 0.15) is 149 Å². The van der Waals surface area contributed by atoms with Crippen molar-refractivity contribution in [1.82, 2.24) is 0 Å². The number of rotatable bonds is 21.